The molecule has 1 unspecified atom stereocenters. The number of para-hydroxylation sites is 2. The van der Waals surface area contributed by atoms with Crippen LogP contribution in [0.5, 0.6) is 0 Å². The molecular weight excluding hydrogens is 315 g/mol. The fourth-order valence-corrected chi connectivity index (χ4v) is 3.39. The van der Waals surface area contributed by atoms with Crippen LogP contribution >= 0.6 is 11.6 Å². The van der Waals surface area contributed by atoms with E-state index in [1.54, 1.807) is 4.90 Å². The highest BCUT2D eigenvalue weighted by Crippen LogP contribution is 2.36. The number of carbonyl (C=O) groups is 1. The topological polar surface area (TPSA) is 23.6 Å². The first-order valence-corrected chi connectivity index (χ1v) is 8.04. The maximum absolute atomic E-state index is 14.1. The number of carbonyl (C=O) groups excluding carboxylic acids is 1. The Morgan fingerprint density at radius 1 is 1.22 bits per heavy atom. The molecule has 0 radical (unpaired) electrons. The Balaban J connectivity index is 2.08. The smallest absolute Gasteiger partial charge is 0.262 e. The van der Waals surface area contributed by atoms with Crippen LogP contribution in [0.1, 0.15) is 24.2 Å². The molecule has 0 fully saturated rings. The van der Waals surface area contributed by atoms with Crippen molar-refractivity contribution < 1.29 is 9.18 Å². The van der Waals surface area contributed by atoms with Crippen molar-refractivity contribution in [1.29, 1.82) is 0 Å². The SMILES string of the molecule is CCN1c2ccccc2N(C(=O)c2c(F)cccc2Cl)CC1C. The van der Waals surface area contributed by atoms with Crippen LogP contribution in [-0.4, -0.2) is 25.0 Å². The molecule has 1 atom stereocenters. The monoisotopic (exact) mass is 332 g/mol. The fourth-order valence-electron chi connectivity index (χ4n) is 3.15. The number of benzene rings is 2. The Hall–Kier alpha value is -2.07. The van der Waals surface area contributed by atoms with E-state index in [2.05, 4.69) is 18.7 Å². The predicted octanol–water partition coefficient (Wildman–Crippen LogP) is 4.35. The summed E-state index contributed by atoms with van der Waals surface area (Å²) < 4.78 is 14.1. The van der Waals surface area contributed by atoms with E-state index < -0.39 is 11.7 Å². The number of rotatable bonds is 2. The molecule has 5 heteroatoms. The Labute approximate surface area is 140 Å². The molecule has 120 valence electrons. The van der Waals surface area contributed by atoms with Crippen molar-refractivity contribution in [1.82, 2.24) is 0 Å². The molecule has 1 aliphatic rings. The summed E-state index contributed by atoms with van der Waals surface area (Å²) in [5.74, 6) is -0.992. The predicted molar refractivity (Wildman–Crippen MR) is 92.0 cm³/mol. The molecule has 0 spiro atoms. The Morgan fingerprint density at radius 3 is 2.57 bits per heavy atom. The molecule has 0 saturated carbocycles. The van der Waals surface area contributed by atoms with Gasteiger partial charge >= 0.3 is 0 Å². The number of nitrogens with zero attached hydrogens (tertiary/aromatic N) is 2. The number of amides is 1. The summed E-state index contributed by atoms with van der Waals surface area (Å²) >= 11 is 6.07. The van der Waals surface area contributed by atoms with E-state index in [4.69, 9.17) is 11.6 Å². The second kappa shape index (κ2) is 6.20. The van der Waals surface area contributed by atoms with Gasteiger partial charge in [-0.05, 0) is 38.1 Å². The molecule has 2 aromatic carbocycles. The summed E-state index contributed by atoms with van der Waals surface area (Å²) in [6, 6.07) is 12.1. The minimum absolute atomic E-state index is 0.0684. The van der Waals surface area contributed by atoms with Crippen molar-refractivity contribution in [3.63, 3.8) is 0 Å². The highest BCUT2D eigenvalue weighted by Gasteiger charge is 2.32. The van der Waals surface area contributed by atoms with Crippen LogP contribution in [0.2, 0.25) is 5.02 Å². The lowest BCUT2D eigenvalue weighted by atomic mass is 10.1. The van der Waals surface area contributed by atoms with Gasteiger partial charge in [0.2, 0.25) is 0 Å². The molecule has 2 aromatic rings. The summed E-state index contributed by atoms with van der Waals surface area (Å²) in [5.41, 5.74) is 1.70. The molecule has 0 bridgehead atoms. The van der Waals surface area contributed by atoms with E-state index in [0.717, 1.165) is 17.9 Å². The molecule has 3 rings (SSSR count). The van der Waals surface area contributed by atoms with Gasteiger partial charge < -0.3 is 9.80 Å². The van der Waals surface area contributed by atoms with Gasteiger partial charge in [-0.3, -0.25) is 4.79 Å². The van der Waals surface area contributed by atoms with Gasteiger partial charge in [-0.15, -0.1) is 0 Å². The molecule has 23 heavy (non-hydrogen) atoms. The number of fused-ring (bicyclic) bond motifs is 1. The van der Waals surface area contributed by atoms with Gasteiger partial charge in [0.05, 0.1) is 22.0 Å². The van der Waals surface area contributed by atoms with Crippen LogP contribution in [0, 0.1) is 5.82 Å². The van der Waals surface area contributed by atoms with Gasteiger partial charge in [-0.1, -0.05) is 29.8 Å². The van der Waals surface area contributed by atoms with Gasteiger partial charge in [0.1, 0.15) is 5.82 Å². The molecule has 0 saturated heterocycles. The molecule has 0 aliphatic carbocycles. The lowest BCUT2D eigenvalue weighted by Crippen LogP contribution is -2.49. The quantitative estimate of drug-likeness (QED) is 0.816. The van der Waals surface area contributed by atoms with Crippen molar-refractivity contribution in [2.75, 3.05) is 22.9 Å². The molecule has 1 aliphatic heterocycles. The fraction of sp³-hybridized carbons (Fsp3) is 0.278. The third-order valence-corrected chi connectivity index (χ3v) is 4.54. The van der Waals surface area contributed by atoms with Gasteiger partial charge in [-0.25, -0.2) is 4.39 Å². The molecule has 0 N–H and O–H groups in total. The second-order valence-electron chi connectivity index (χ2n) is 5.64. The maximum atomic E-state index is 14.1. The first kappa shape index (κ1) is 15.8. The average molecular weight is 333 g/mol. The molecule has 0 aromatic heterocycles. The normalized spacial score (nSPS) is 17.1. The largest absolute Gasteiger partial charge is 0.366 e. The third kappa shape index (κ3) is 2.68. The van der Waals surface area contributed by atoms with Crippen molar-refractivity contribution in [3.8, 4) is 0 Å². The van der Waals surface area contributed by atoms with Crippen molar-refractivity contribution in [2.24, 2.45) is 0 Å². The van der Waals surface area contributed by atoms with Crippen molar-refractivity contribution in [3.05, 3.63) is 58.9 Å². The van der Waals surface area contributed by atoms with Crippen LogP contribution in [-0.2, 0) is 0 Å². The Kier molecular flexibility index (Phi) is 4.26. The minimum atomic E-state index is -0.592. The molecule has 3 nitrogen and oxygen atoms in total. The van der Waals surface area contributed by atoms with Crippen LogP contribution in [0.4, 0.5) is 15.8 Å². The molecular formula is C18H18ClFN2O. The highest BCUT2D eigenvalue weighted by atomic mass is 35.5. The van der Waals surface area contributed by atoms with E-state index in [0.29, 0.717) is 6.54 Å². The standard InChI is InChI=1S/C18H18ClFN2O/c1-3-21-12(2)11-22(16-10-5-4-9-15(16)21)18(23)17-13(19)7-6-8-14(17)20/h4-10,12H,3,11H2,1-2H3. The van der Waals surface area contributed by atoms with E-state index in [-0.39, 0.29) is 16.6 Å². The first-order chi connectivity index (χ1) is 11.0. The van der Waals surface area contributed by atoms with E-state index in [9.17, 15) is 9.18 Å². The number of hydrogen-bond acceptors (Lipinski definition) is 2. The van der Waals surface area contributed by atoms with Gasteiger partial charge in [-0.2, -0.15) is 0 Å². The molecule has 1 heterocycles. The molecule has 1 amide bonds. The van der Waals surface area contributed by atoms with Crippen LogP contribution in [0.3, 0.4) is 0 Å². The van der Waals surface area contributed by atoms with E-state index in [1.165, 1.54) is 18.2 Å². The minimum Gasteiger partial charge on any atom is -0.366 e. The third-order valence-electron chi connectivity index (χ3n) is 4.22. The zero-order chi connectivity index (χ0) is 16.6. The second-order valence-corrected chi connectivity index (χ2v) is 6.04. The van der Waals surface area contributed by atoms with Gasteiger partial charge in [0.25, 0.3) is 5.91 Å². The van der Waals surface area contributed by atoms with Crippen molar-refractivity contribution >= 4 is 28.9 Å². The van der Waals surface area contributed by atoms with Crippen LogP contribution in [0.15, 0.2) is 42.5 Å². The van der Waals surface area contributed by atoms with Crippen LogP contribution < -0.4 is 9.80 Å². The maximum Gasteiger partial charge on any atom is 0.262 e. The zero-order valence-electron chi connectivity index (χ0n) is 13.1. The summed E-state index contributed by atoms with van der Waals surface area (Å²) in [4.78, 5) is 16.8. The lowest BCUT2D eigenvalue weighted by Gasteiger charge is -2.42. The Bertz CT molecular complexity index is 729. The summed E-state index contributed by atoms with van der Waals surface area (Å²) in [7, 11) is 0. The summed E-state index contributed by atoms with van der Waals surface area (Å²) in [6.45, 7) is 5.48. The first-order valence-electron chi connectivity index (χ1n) is 7.66. The summed E-state index contributed by atoms with van der Waals surface area (Å²) in [6.07, 6.45) is 0. The number of anilines is 2. The Morgan fingerprint density at radius 2 is 1.91 bits per heavy atom. The van der Waals surface area contributed by atoms with Crippen LogP contribution in [0.25, 0.3) is 0 Å². The summed E-state index contributed by atoms with van der Waals surface area (Å²) in [5, 5.41) is 0.137. The average Bonchev–Trinajstić information content (AvgIpc) is 2.54. The van der Waals surface area contributed by atoms with E-state index >= 15 is 0 Å². The van der Waals surface area contributed by atoms with E-state index in [1.807, 2.05) is 24.3 Å². The lowest BCUT2D eigenvalue weighted by molar-refractivity contribution is 0.0980. The zero-order valence-corrected chi connectivity index (χ0v) is 13.8. The highest BCUT2D eigenvalue weighted by molar-refractivity contribution is 6.34. The van der Waals surface area contributed by atoms with Gasteiger partial charge in [0, 0.05) is 19.1 Å². The van der Waals surface area contributed by atoms with Gasteiger partial charge in [0.15, 0.2) is 0 Å². The number of hydrogen-bond donors (Lipinski definition) is 0. The number of halogens is 2. The van der Waals surface area contributed by atoms with Crippen molar-refractivity contribution in [2.45, 2.75) is 19.9 Å². The number of likely N-dealkylation sites (N-methyl/N-ethyl adjacent to an activating group) is 1.